The summed E-state index contributed by atoms with van der Waals surface area (Å²) in [4.78, 5) is 2.39. The zero-order valence-electron chi connectivity index (χ0n) is 30.2. The van der Waals surface area contributed by atoms with Crippen LogP contribution in [0.4, 0.5) is 0 Å². The van der Waals surface area contributed by atoms with Gasteiger partial charge in [0.05, 0.1) is 12.2 Å². The second-order valence-electron chi connectivity index (χ2n) is 14.2. The summed E-state index contributed by atoms with van der Waals surface area (Å²) in [6.07, 6.45) is 41.8. The highest BCUT2D eigenvalue weighted by Gasteiger charge is 2.15. The summed E-state index contributed by atoms with van der Waals surface area (Å²) in [5.74, 6) is 0. The van der Waals surface area contributed by atoms with Crippen molar-refractivity contribution in [3.05, 3.63) is 0 Å². The van der Waals surface area contributed by atoms with Gasteiger partial charge in [0, 0.05) is 13.1 Å². The zero-order chi connectivity index (χ0) is 31.5. The lowest BCUT2D eigenvalue weighted by molar-refractivity contribution is 0.0596. The standard InChI is InChI=1S/C40H83NO2/c1-4-7-10-13-16-19-20-21-22-23-24-27-30-33-36-41(37-39(42)34-31-28-25-17-14-11-8-5-2)38-40(43)35-32-29-26-18-15-12-9-6-3/h39-40,42-43H,4-38H2,1-3H3. The number of aliphatic hydroxyl groups excluding tert-OH is 2. The molecule has 0 rings (SSSR count). The Kier molecular flexibility index (Phi) is 36.2. The molecule has 260 valence electrons. The van der Waals surface area contributed by atoms with Crippen LogP contribution in [0.3, 0.4) is 0 Å². The normalized spacial score (nSPS) is 13.3. The van der Waals surface area contributed by atoms with E-state index in [1.165, 1.54) is 180 Å². The van der Waals surface area contributed by atoms with Gasteiger partial charge in [-0.05, 0) is 25.8 Å². The van der Waals surface area contributed by atoms with Gasteiger partial charge in [-0.3, -0.25) is 4.90 Å². The summed E-state index contributed by atoms with van der Waals surface area (Å²) in [6, 6.07) is 0. The van der Waals surface area contributed by atoms with Crippen LogP contribution < -0.4 is 0 Å². The maximum atomic E-state index is 10.8. The molecule has 0 saturated heterocycles. The van der Waals surface area contributed by atoms with E-state index >= 15 is 0 Å². The molecule has 2 unspecified atom stereocenters. The zero-order valence-corrected chi connectivity index (χ0v) is 30.2. The molecule has 2 atom stereocenters. The lowest BCUT2D eigenvalue weighted by Crippen LogP contribution is -2.38. The van der Waals surface area contributed by atoms with Crippen molar-refractivity contribution in [2.45, 2.75) is 238 Å². The number of rotatable bonds is 37. The molecule has 2 N–H and O–H groups in total. The number of aliphatic hydroxyl groups is 2. The van der Waals surface area contributed by atoms with Gasteiger partial charge in [0.25, 0.3) is 0 Å². The van der Waals surface area contributed by atoms with E-state index in [2.05, 4.69) is 25.7 Å². The first kappa shape index (κ1) is 42.9. The van der Waals surface area contributed by atoms with Gasteiger partial charge in [-0.25, -0.2) is 0 Å². The van der Waals surface area contributed by atoms with Crippen molar-refractivity contribution in [2.75, 3.05) is 19.6 Å². The lowest BCUT2D eigenvalue weighted by atomic mass is 10.0. The molecule has 0 fully saturated rings. The quantitative estimate of drug-likeness (QED) is 0.0689. The van der Waals surface area contributed by atoms with Crippen LogP contribution in [0.25, 0.3) is 0 Å². The lowest BCUT2D eigenvalue weighted by Gasteiger charge is -2.27. The van der Waals surface area contributed by atoms with Gasteiger partial charge in [-0.2, -0.15) is 0 Å². The molecule has 0 spiro atoms. The first-order chi connectivity index (χ1) is 21.1. The van der Waals surface area contributed by atoms with Crippen LogP contribution in [0.2, 0.25) is 0 Å². The average molecular weight is 610 g/mol. The van der Waals surface area contributed by atoms with Crippen LogP contribution in [-0.4, -0.2) is 47.0 Å². The maximum Gasteiger partial charge on any atom is 0.0667 e. The third kappa shape index (κ3) is 34.6. The van der Waals surface area contributed by atoms with Gasteiger partial charge in [0.2, 0.25) is 0 Å². The molecule has 0 aromatic carbocycles. The third-order valence-electron chi connectivity index (χ3n) is 9.55. The predicted octanol–water partition coefficient (Wildman–Crippen LogP) is 12.6. The Labute approximate surface area is 272 Å². The van der Waals surface area contributed by atoms with E-state index in [1.54, 1.807) is 0 Å². The highest BCUT2D eigenvalue weighted by Crippen LogP contribution is 2.16. The highest BCUT2D eigenvalue weighted by atomic mass is 16.3. The van der Waals surface area contributed by atoms with Crippen LogP contribution in [0, 0.1) is 0 Å². The minimum atomic E-state index is -0.248. The molecule has 0 aliphatic rings. The van der Waals surface area contributed by atoms with Crippen LogP contribution in [-0.2, 0) is 0 Å². The Morgan fingerprint density at radius 3 is 0.837 bits per heavy atom. The van der Waals surface area contributed by atoms with Crippen LogP contribution >= 0.6 is 0 Å². The molecule has 0 aromatic heterocycles. The van der Waals surface area contributed by atoms with Crippen molar-refractivity contribution in [3.63, 3.8) is 0 Å². The highest BCUT2D eigenvalue weighted by molar-refractivity contribution is 4.70. The monoisotopic (exact) mass is 610 g/mol. The first-order valence-electron chi connectivity index (χ1n) is 20.2. The van der Waals surface area contributed by atoms with Crippen LogP contribution in [0.5, 0.6) is 0 Å². The molecule has 0 amide bonds. The second-order valence-corrected chi connectivity index (χ2v) is 14.2. The van der Waals surface area contributed by atoms with Crippen LogP contribution in [0.1, 0.15) is 226 Å². The summed E-state index contributed by atoms with van der Waals surface area (Å²) >= 11 is 0. The van der Waals surface area contributed by atoms with Crippen molar-refractivity contribution < 1.29 is 10.2 Å². The fraction of sp³-hybridized carbons (Fsp3) is 1.00. The first-order valence-corrected chi connectivity index (χ1v) is 20.2. The van der Waals surface area contributed by atoms with Crippen molar-refractivity contribution in [2.24, 2.45) is 0 Å². The third-order valence-corrected chi connectivity index (χ3v) is 9.55. The van der Waals surface area contributed by atoms with E-state index in [0.717, 1.165) is 45.3 Å². The van der Waals surface area contributed by atoms with E-state index in [9.17, 15) is 10.2 Å². The fourth-order valence-electron chi connectivity index (χ4n) is 6.59. The van der Waals surface area contributed by atoms with Gasteiger partial charge in [-0.15, -0.1) is 0 Å². The molecular weight excluding hydrogens is 526 g/mol. The molecule has 3 nitrogen and oxygen atoms in total. The van der Waals surface area contributed by atoms with E-state index < -0.39 is 0 Å². The summed E-state index contributed by atoms with van der Waals surface area (Å²) in [5.41, 5.74) is 0. The van der Waals surface area contributed by atoms with Gasteiger partial charge >= 0.3 is 0 Å². The fourth-order valence-corrected chi connectivity index (χ4v) is 6.59. The summed E-state index contributed by atoms with van der Waals surface area (Å²) in [7, 11) is 0. The summed E-state index contributed by atoms with van der Waals surface area (Å²) in [6.45, 7) is 9.36. The molecule has 0 aliphatic carbocycles. The Morgan fingerprint density at radius 2 is 0.558 bits per heavy atom. The molecule has 3 heteroatoms. The van der Waals surface area contributed by atoms with E-state index in [-0.39, 0.29) is 12.2 Å². The predicted molar refractivity (Wildman–Crippen MR) is 193 cm³/mol. The Bertz CT molecular complexity index is 471. The molecule has 43 heavy (non-hydrogen) atoms. The summed E-state index contributed by atoms with van der Waals surface area (Å²) < 4.78 is 0. The Morgan fingerprint density at radius 1 is 0.326 bits per heavy atom. The summed E-state index contributed by atoms with van der Waals surface area (Å²) in [5, 5.41) is 21.7. The molecule has 0 aromatic rings. The van der Waals surface area contributed by atoms with E-state index in [4.69, 9.17) is 0 Å². The van der Waals surface area contributed by atoms with Gasteiger partial charge in [0.15, 0.2) is 0 Å². The van der Waals surface area contributed by atoms with Gasteiger partial charge in [0.1, 0.15) is 0 Å². The Hall–Kier alpha value is -0.120. The van der Waals surface area contributed by atoms with Gasteiger partial charge in [-0.1, -0.05) is 207 Å². The molecule has 0 bridgehead atoms. The number of hydrogen-bond donors (Lipinski definition) is 2. The average Bonchev–Trinajstić information content (AvgIpc) is 3.00. The molecule has 0 saturated carbocycles. The van der Waals surface area contributed by atoms with E-state index in [1.807, 2.05) is 0 Å². The van der Waals surface area contributed by atoms with Crippen molar-refractivity contribution in [1.29, 1.82) is 0 Å². The van der Waals surface area contributed by atoms with Crippen molar-refractivity contribution in [1.82, 2.24) is 4.90 Å². The number of hydrogen-bond acceptors (Lipinski definition) is 3. The smallest absolute Gasteiger partial charge is 0.0667 e. The van der Waals surface area contributed by atoms with Gasteiger partial charge < -0.3 is 10.2 Å². The number of nitrogens with zero attached hydrogens (tertiary/aromatic N) is 1. The minimum Gasteiger partial charge on any atom is -0.392 e. The molecule has 0 radical (unpaired) electrons. The minimum absolute atomic E-state index is 0.248. The van der Waals surface area contributed by atoms with Crippen molar-refractivity contribution in [3.8, 4) is 0 Å². The Balaban J connectivity index is 4.15. The molecule has 0 heterocycles. The second kappa shape index (κ2) is 36.3. The molecular formula is C40H83NO2. The largest absolute Gasteiger partial charge is 0.392 e. The molecule has 0 aliphatic heterocycles. The van der Waals surface area contributed by atoms with Crippen LogP contribution in [0.15, 0.2) is 0 Å². The SMILES string of the molecule is CCCCCCCCCCCCCCCCN(CC(O)CCCCCCCCCC)CC(O)CCCCCCCCCC. The van der Waals surface area contributed by atoms with Crippen molar-refractivity contribution >= 4 is 0 Å². The maximum absolute atomic E-state index is 10.8. The number of unbranched alkanes of at least 4 members (excludes halogenated alkanes) is 27. The van der Waals surface area contributed by atoms with E-state index in [0.29, 0.717) is 0 Å². The topological polar surface area (TPSA) is 43.7 Å².